The van der Waals surface area contributed by atoms with Gasteiger partial charge in [-0.25, -0.2) is 4.39 Å². The van der Waals surface area contributed by atoms with Crippen molar-refractivity contribution in [3.8, 4) is 5.75 Å². The van der Waals surface area contributed by atoms with Crippen LogP contribution in [0.5, 0.6) is 5.75 Å². The highest BCUT2D eigenvalue weighted by Gasteiger charge is 2.05. The SMILES string of the molecule is OCc1cc(Cl)ccc1OCc1ccc(F)c(Br)c1. The summed E-state index contributed by atoms with van der Waals surface area (Å²) in [5.74, 6) is 0.249. The summed E-state index contributed by atoms with van der Waals surface area (Å²) in [6, 6.07) is 9.72. The predicted molar refractivity (Wildman–Crippen MR) is 75.8 cm³/mol. The molecule has 2 aromatic carbocycles. The van der Waals surface area contributed by atoms with Gasteiger partial charge in [0, 0.05) is 10.6 Å². The summed E-state index contributed by atoms with van der Waals surface area (Å²) in [7, 11) is 0. The minimum Gasteiger partial charge on any atom is -0.489 e. The largest absolute Gasteiger partial charge is 0.489 e. The van der Waals surface area contributed by atoms with Crippen molar-refractivity contribution >= 4 is 27.5 Å². The fourth-order valence-corrected chi connectivity index (χ4v) is 2.22. The fourth-order valence-electron chi connectivity index (χ4n) is 1.60. The third kappa shape index (κ3) is 3.69. The molecule has 0 saturated carbocycles. The molecule has 0 saturated heterocycles. The summed E-state index contributed by atoms with van der Waals surface area (Å²) in [5.41, 5.74) is 1.45. The van der Waals surface area contributed by atoms with Crippen LogP contribution in [-0.4, -0.2) is 5.11 Å². The predicted octanol–water partition coefficient (Wildman–Crippen LogP) is 4.31. The Morgan fingerprint density at radius 3 is 2.68 bits per heavy atom. The summed E-state index contributed by atoms with van der Waals surface area (Å²) < 4.78 is 19.1. The highest BCUT2D eigenvalue weighted by molar-refractivity contribution is 9.10. The van der Waals surface area contributed by atoms with E-state index in [1.807, 2.05) is 0 Å². The Morgan fingerprint density at radius 1 is 1.21 bits per heavy atom. The standard InChI is InChI=1S/C14H11BrClFO2/c15-12-5-9(1-3-13(12)17)8-19-14-4-2-11(16)6-10(14)7-18/h1-6,18H,7-8H2. The van der Waals surface area contributed by atoms with E-state index in [1.165, 1.54) is 6.07 Å². The van der Waals surface area contributed by atoms with E-state index in [1.54, 1.807) is 30.3 Å². The molecule has 0 fully saturated rings. The monoisotopic (exact) mass is 344 g/mol. The van der Waals surface area contributed by atoms with E-state index in [9.17, 15) is 9.50 Å². The first-order valence-corrected chi connectivity index (χ1v) is 6.73. The molecule has 0 unspecified atom stereocenters. The maximum absolute atomic E-state index is 13.1. The Kier molecular flexibility index (Phi) is 4.80. The van der Waals surface area contributed by atoms with Crippen molar-refractivity contribution in [3.05, 3.63) is 62.8 Å². The van der Waals surface area contributed by atoms with Gasteiger partial charge in [-0.1, -0.05) is 17.7 Å². The van der Waals surface area contributed by atoms with Gasteiger partial charge in [0.2, 0.25) is 0 Å². The van der Waals surface area contributed by atoms with Gasteiger partial charge in [0.15, 0.2) is 0 Å². The van der Waals surface area contributed by atoms with Crippen LogP contribution in [0.4, 0.5) is 4.39 Å². The van der Waals surface area contributed by atoms with Gasteiger partial charge in [-0.05, 0) is 51.8 Å². The molecule has 0 heterocycles. The molecule has 19 heavy (non-hydrogen) atoms. The minimum absolute atomic E-state index is 0.150. The molecule has 0 radical (unpaired) electrons. The van der Waals surface area contributed by atoms with Crippen molar-refractivity contribution < 1.29 is 14.2 Å². The number of aliphatic hydroxyl groups excluding tert-OH is 1. The second-order valence-electron chi connectivity index (χ2n) is 3.95. The molecule has 0 spiro atoms. The molecule has 0 aromatic heterocycles. The van der Waals surface area contributed by atoms with Gasteiger partial charge < -0.3 is 9.84 Å². The summed E-state index contributed by atoms with van der Waals surface area (Å²) in [5, 5.41) is 9.77. The zero-order chi connectivity index (χ0) is 13.8. The van der Waals surface area contributed by atoms with Crippen molar-refractivity contribution in [1.82, 2.24) is 0 Å². The van der Waals surface area contributed by atoms with E-state index in [4.69, 9.17) is 16.3 Å². The summed E-state index contributed by atoms with van der Waals surface area (Å²) >= 11 is 8.96. The van der Waals surface area contributed by atoms with Gasteiger partial charge >= 0.3 is 0 Å². The van der Waals surface area contributed by atoms with Gasteiger partial charge in [0.25, 0.3) is 0 Å². The first kappa shape index (κ1) is 14.3. The van der Waals surface area contributed by atoms with Gasteiger partial charge in [0.1, 0.15) is 18.2 Å². The lowest BCUT2D eigenvalue weighted by Gasteiger charge is -2.11. The lowest BCUT2D eigenvalue weighted by Crippen LogP contribution is -1.99. The number of halogens is 3. The molecule has 2 aromatic rings. The molecule has 5 heteroatoms. The van der Waals surface area contributed by atoms with E-state index < -0.39 is 0 Å². The molecule has 2 nitrogen and oxygen atoms in total. The summed E-state index contributed by atoms with van der Waals surface area (Å²) in [4.78, 5) is 0. The number of aliphatic hydroxyl groups is 1. The normalized spacial score (nSPS) is 10.5. The Morgan fingerprint density at radius 2 is 2.00 bits per heavy atom. The third-order valence-corrected chi connectivity index (χ3v) is 3.41. The van der Waals surface area contributed by atoms with Crippen LogP contribution in [0.25, 0.3) is 0 Å². The molecule has 0 atom stereocenters. The first-order chi connectivity index (χ1) is 9.10. The second kappa shape index (κ2) is 6.37. The summed E-state index contributed by atoms with van der Waals surface area (Å²) in [6.45, 7) is 0.135. The van der Waals surface area contributed by atoms with Crippen LogP contribution in [0.2, 0.25) is 5.02 Å². The fraction of sp³-hybridized carbons (Fsp3) is 0.143. The maximum atomic E-state index is 13.1. The lowest BCUT2D eigenvalue weighted by atomic mass is 10.2. The zero-order valence-electron chi connectivity index (χ0n) is 9.87. The van der Waals surface area contributed by atoms with Crippen molar-refractivity contribution in [3.63, 3.8) is 0 Å². The van der Waals surface area contributed by atoms with Crippen LogP contribution < -0.4 is 4.74 Å². The second-order valence-corrected chi connectivity index (χ2v) is 5.24. The first-order valence-electron chi connectivity index (χ1n) is 5.56. The summed E-state index contributed by atoms with van der Waals surface area (Å²) in [6.07, 6.45) is 0. The molecule has 0 amide bonds. The number of hydrogen-bond acceptors (Lipinski definition) is 2. The van der Waals surface area contributed by atoms with E-state index in [2.05, 4.69) is 15.9 Å². The van der Waals surface area contributed by atoms with Gasteiger partial charge in [-0.3, -0.25) is 0 Å². The van der Waals surface area contributed by atoms with Gasteiger partial charge in [-0.15, -0.1) is 0 Å². The topological polar surface area (TPSA) is 29.5 Å². The molecular formula is C14H11BrClFO2. The molecule has 0 aliphatic carbocycles. The average molecular weight is 346 g/mol. The zero-order valence-corrected chi connectivity index (χ0v) is 12.2. The Labute approximate surface area is 123 Å². The molecule has 100 valence electrons. The Hall–Kier alpha value is -1.10. The molecular weight excluding hydrogens is 335 g/mol. The van der Waals surface area contributed by atoms with Gasteiger partial charge in [-0.2, -0.15) is 0 Å². The van der Waals surface area contributed by atoms with Crippen molar-refractivity contribution in [2.45, 2.75) is 13.2 Å². The van der Waals surface area contributed by atoms with Crippen LogP contribution in [0, 0.1) is 5.82 Å². The molecule has 0 bridgehead atoms. The number of hydrogen-bond donors (Lipinski definition) is 1. The molecule has 2 rings (SSSR count). The molecule has 0 aliphatic rings. The quantitative estimate of drug-likeness (QED) is 0.894. The average Bonchev–Trinajstić information content (AvgIpc) is 2.41. The van der Waals surface area contributed by atoms with Crippen LogP contribution in [0.3, 0.4) is 0 Å². The molecule has 0 aliphatic heterocycles. The van der Waals surface area contributed by atoms with E-state index in [0.717, 1.165) is 5.56 Å². The third-order valence-electron chi connectivity index (χ3n) is 2.57. The van der Waals surface area contributed by atoms with Gasteiger partial charge in [0.05, 0.1) is 11.1 Å². The minimum atomic E-state index is -0.314. The van der Waals surface area contributed by atoms with E-state index >= 15 is 0 Å². The van der Waals surface area contributed by atoms with Crippen LogP contribution in [0.1, 0.15) is 11.1 Å². The highest BCUT2D eigenvalue weighted by atomic mass is 79.9. The Balaban J connectivity index is 2.12. The van der Waals surface area contributed by atoms with Crippen LogP contribution >= 0.6 is 27.5 Å². The smallest absolute Gasteiger partial charge is 0.137 e. The number of benzene rings is 2. The van der Waals surface area contributed by atoms with Crippen molar-refractivity contribution in [2.75, 3.05) is 0 Å². The van der Waals surface area contributed by atoms with E-state index in [0.29, 0.717) is 20.8 Å². The van der Waals surface area contributed by atoms with Crippen LogP contribution in [-0.2, 0) is 13.2 Å². The van der Waals surface area contributed by atoms with E-state index in [-0.39, 0.29) is 19.0 Å². The lowest BCUT2D eigenvalue weighted by molar-refractivity contribution is 0.259. The molecule has 1 N–H and O–H groups in total. The maximum Gasteiger partial charge on any atom is 0.137 e. The number of rotatable bonds is 4. The highest BCUT2D eigenvalue weighted by Crippen LogP contribution is 2.24. The number of ether oxygens (including phenoxy) is 1. The van der Waals surface area contributed by atoms with Crippen molar-refractivity contribution in [2.24, 2.45) is 0 Å². The Bertz CT molecular complexity index is 590. The van der Waals surface area contributed by atoms with Crippen LogP contribution in [0.15, 0.2) is 40.9 Å². The van der Waals surface area contributed by atoms with Crippen molar-refractivity contribution in [1.29, 1.82) is 0 Å².